The van der Waals surface area contributed by atoms with Crippen molar-refractivity contribution in [3.63, 3.8) is 0 Å². The van der Waals surface area contributed by atoms with Gasteiger partial charge in [0.25, 0.3) is 5.92 Å². The number of hydrogen-bond acceptors (Lipinski definition) is 4. The van der Waals surface area contributed by atoms with Crippen molar-refractivity contribution in [2.75, 3.05) is 0 Å². The predicted octanol–water partition coefficient (Wildman–Crippen LogP) is 5.30. The van der Waals surface area contributed by atoms with Gasteiger partial charge in [0.05, 0.1) is 36.5 Å². The number of halogens is 7. The molecule has 0 radical (unpaired) electrons. The molecule has 3 fully saturated rings. The van der Waals surface area contributed by atoms with Crippen molar-refractivity contribution in [2.24, 2.45) is 28.9 Å². The van der Waals surface area contributed by atoms with Crippen molar-refractivity contribution >= 4 is 17.5 Å². The van der Waals surface area contributed by atoms with E-state index in [1.807, 2.05) is 0 Å². The predicted molar refractivity (Wildman–Crippen MR) is 127 cm³/mol. The van der Waals surface area contributed by atoms with Gasteiger partial charge in [-0.25, -0.2) is 27.1 Å². The van der Waals surface area contributed by atoms with Crippen LogP contribution < -0.4 is 11.1 Å². The van der Waals surface area contributed by atoms with Gasteiger partial charge >= 0.3 is 6.18 Å². The quantitative estimate of drug-likeness (QED) is 0.395. The molecule has 3 aliphatic rings. The van der Waals surface area contributed by atoms with Gasteiger partial charge < -0.3 is 11.1 Å². The molecular formula is C26H30F7N5O2. The molecule has 3 saturated carbocycles. The van der Waals surface area contributed by atoms with Crippen molar-refractivity contribution in [3.8, 4) is 0 Å². The maximum Gasteiger partial charge on any atom is 0.389 e. The molecule has 2 amide bonds. The molecule has 0 aromatic carbocycles. The third-order valence-corrected chi connectivity index (χ3v) is 8.87. The Bertz CT molecular complexity index is 1300. The molecule has 2 aromatic rings. The van der Waals surface area contributed by atoms with Gasteiger partial charge in [-0.15, -0.1) is 0 Å². The minimum absolute atomic E-state index is 0.00612. The molecule has 3 aliphatic carbocycles. The Hall–Kier alpha value is -2.93. The number of carbonyl (C=O) groups is 2. The van der Waals surface area contributed by atoms with Gasteiger partial charge in [0.1, 0.15) is 5.41 Å². The van der Waals surface area contributed by atoms with E-state index in [4.69, 9.17) is 5.73 Å². The second-order valence-corrected chi connectivity index (χ2v) is 11.6. The second-order valence-electron chi connectivity index (χ2n) is 11.6. The molecule has 0 bridgehead atoms. The van der Waals surface area contributed by atoms with Crippen LogP contribution in [0.4, 0.5) is 30.7 Å². The molecule has 2 aromatic heterocycles. The lowest BCUT2D eigenvalue weighted by Gasteiger charge is -2.33. The summed E-state index contributed by atoms with van der Waals surface area (Å²) >= 11 is 0. The molecule has 14 heteroatoms. The minimum Gasteiger partial charge on any atom is -0.369 e. The third-order valence-electron chi connectivity index (χ3n) is 8.87. The first kappa shape index (κ1) is 28.6. The minimum atomic E-state index is -4.47. The van der Waals surface area contributed by atoms with Crippen LogP contribution in [-0.2, 0) is 9.59 Å². The van der Waals surface area contributed by atoms with Crippen LogP contribution in [0.2, 0.25) is 0 Å². The van der Waals surface area contributed by atoms with Gasteiger partial charge in [-0.2, -0.15) is 18.3 Å². The number of rotatable bonds is 9. The van der Waals surface area contributed by atoms with E-state index in [2.05, 4.69) is 15.4 Å². The summed E-state index contributed by atoms with van der Waals surface area (Å²) in [5.74, 6) is -11.4. The number of amides is 2. The number of fused-ring (bicyclic) bond motifs is 1. The van der Waals surface area contributed by atoms with E-state index in [-0.39, 0.29) is 30.1 Å². The van der Waals surface area contributed by atoms with Gasteiger partial charge in [-0.3, -0.25) is 9.59 Å². The highest BCUT2D eigenvalue weighted by Gasteiger charge is 2.83. The molecule has 0 spiro atoms. The highest BCUT2D eigenvalue weighted by Crippen LogP contribution is 2.72. The highest BCUT2D eigenvalue weighted by molar-refractivity contribution is 5.86. The van der Waals surface area contributed by atoms with E-state index in [0.717, 1.165) is 19.8 Å². The maximum atomic E-state index is 15.1. The van der Waals surface area contributed by atoms with Crippen molar-refractivity contribution < 1.29 is 40.3 Å². The van der Waals surface area contributed by atoms with E-state index in [9.17, 15) is 31.5 Å². The van der Waals surface area contributed by atoms with E-state index in [1.54, 1.807) is 6.07 Å². The molecule has 0 saturated heterocycles. The van der Waals surface area contributed by atoms with Crippen LogP contribution in [0.1, 0.15) is 81.5 Å². The van der Waals surface area contributed by atoms with Crippen LogP contribution in [0.25, 0.3) is 5.65 Å². The summed E-state index contributed by atoms with van der Waals surface area (Å²) in [7, 11) is 0. The smallest absolute Gasteiger partial charge is 0.369 e. The van der Waals surface area contributed by atoms with Crippen molar-refractivity contribution in [1.29, 1.82) is 0 Å². The van der Waals surface area contributed by atoms with Gasteiger partial charge in [0.15, 0.2) is 5.65 Å². The van der Waals surface area contributed by atoms with Crippen molar-refractivity contribution in [1.82, 2.24) is 19.9 Å². The molecule has 4 atom stereocenters. The first-order chi connectivity index (χ1) is 18.5. The van der Waals surface area contributed by atoms with Crippen LogP contribution in [0.15, 0.2) is 18.5 Å². The molecule has 7 nitrogen and oxygen atoms in total. The van der Waals surface area contributed by atoms with E-state index < -0.39 is 84.7 Å². The number of imidazole rings is 1. The number of nitrogens with one attached hydrogen (secondary N) is 1. The van der Waals surface area contributed by atoms with Gasteiger partial charge in [-0.05, 0) is 56.1 Å². The lowest BCUT2D eigenvalue weighted by Crippen LogP contribution is -2.31. The summed E-state index contributed by atoms with van der Waals surface area (Å²) in [5.41, 5.74) is 4.12. The van der Waals surface area contributed by atoms with Gasteiger partial charge in [0.2, 0.25) is 17.7 Å². The van der Waals surface area contributed by atoms with Gasteiger partial charge in [-0.1, -0.05) is 0 Å². The molecular weight excluding hydrogens is 547 g/mol. The molecule has 2 heterocycles. The van der Waals surface area contributed by atoms with E-state index in [1.165, 1.54) is 16.9 Å². The van der Waals surface area contributed by atoms with Crippen molar-refractivity contribution in [2.45, 2.75) is 88.3 Å². The largest absolute Gasteiger partial charge is 0.389 e. The van der Waals surface area contributed by atoms with Crippen LogP contribution in [0, 0.1) is 23.2 Å². The number of alkyl halides is 7. The number of carbonyl (C=O) groups excluding carboxylic acids is 2. The SMILES string of the molecule is CC1(C(N)=O)C([C@@H](c2cn3ncc([C@H](NC(=O)CCC(F)(F)F)C4CC4)cc3n2)C2CCC(F)(F)CC2)C1(F)F. The number of nitrogens with zero attached hydrogens (tertiary/aromatic N) is 3. The zero-order chi connectivity index (χ0) is 29.3. The van der Waals surface area contributed by atoms with Crippen LogP contribution >= 0.6 is 0 Å². The Morgan fingerprint density at radius 2 is 1.77 bits per heavy atom. The Labute approximate surface area is 225 Å². The Morgan fingerprint density at radius 1 is 1.12 bits per heavy atom. The summed E-state index contributed by atoms with van der Waals surface area (Å²) < 4.78 is 97.0. The summed E-state index contributed by atoms with van der Waals surface area (Å²) in [6.45, 7) is 1.08. The molecule has 5 rings (SSSR count). The average molecular weight is 578 g/mol. The fourth-order valence-electron chi connectivity index (χ4n) is 6.22. The molecule has 0 aliphatic heterocycles. The molecule has 220 valence electrons. The monoisotopic (exact) mass is 577 g/mol. The van der Waals surface area contributed by atoms with Gasteiger partial charge in [0, 0.05) is 25.2 Å². The fraction of sp³-hybridized carbons (Fsp3) is 0.692. The molecule has 3 N–H and O–H groups in total. The summed E-state index contributed by atoms with van der Waals surface area (Å²) in [6.07, 6.45) is -3.04. The van der Waals surface area contributed by atoms with E-state index >= 15 is 8.78 Å². The summed E-state index contributed by atoms with van der Waals surface area (Å²) in [5, 5.41) is 6.93. The third kappa shape index (κ3) is 5.25. The van der Waals surface area contributed by atoms with Crippen LogP contribution in [-0.4, -0.2) is 44.4 Å². The Balaban J connectivity index is 1.44. The first-order valence-electron chi connectivity index (χ1n) is 13.3. The number of nitrogens with two attached hydrogens (primary N) is 1. The number of aromatic nitrogens is 3. The second kappa shape index (κ2) is 9.57. The highest BCUT2D eigenvalue weighted by atomic mass is 19.4. The van der Waals surface area contributed by atoms with Crippen molar-refractivity contribution in [3.05, 3.63) is 29.7 Å². The molecule has 2 unspecified atom stereocenters. The first-order valence-corrected chi connectivity index (χ1v) is 13.3. The fourth-order valence-corrected chi connectivity index (χ4v) is 6.22. The Kier molecular flexibility index (Phi) is 6.84. The standard InChI is InChI=1S/C26H30F7N5O2/c1-23(22(34)40)21(26(23,32)33)19(13-4-7-24(27,28)8-5-13)16-12-38-17(36-16)10-15(11-35-38)20(14-2-3-14)37-18(39)6-9-25(29,30)31/h10-14,19-21H,2-9H2,1H3,(H2,34,40)(H,37,39)/t19-,20-,21?,23?/m1/s1. The Morgan fingerprint density at radius 3 is 2.33 bits per heavy atom. The summed E-state index contributed by atoms with van der Waals surface area (Å²) in [4.78, 5) is 28.8. The van der Waals surface area contributed by atoms with Crippen LogP contribution in [0.3, 0.4) is 0 Å². The average Bonchev–Trinajstić information content (AvgIpc) is 3.71. The van der Waals surface area contributed by atoms with Crippen LogP contribution in [0.5, 0.6) is 0 Å². The zero-order valence-corrected chi connectivity index (χ0v) is 21.7. The zero-order valence-electron chi connectivity index (χ0n) is 21.7. The number of hydrogen-bond donors (Lipinski definition) is 2. The molecule has 40 heavy (non-hydrogen) atoms. The topological polar surface area (TPSA) is 102 Å². The lowest BCUT2D eigenvalue weighted by molar-refractivity contribution is -0.144. The normalized spacial score (nSPS) is 27.8. The van der Waals surface area contributed by atoms with E-state index in [0.29, 0.717) is 5.56 Å². The maximum absolute atomic E-state index is 15.1. The summed E-state index contributed by atoms with van der Waals surface area (Å²) in [6, 6.07) is 0.981. The lowest BCUT2D eigenvalue weighted by atomic mass is 9.73. The number of primary amides is 1.